The van der Waals surface area contributed by atoms with E-state index in [-0.39, 0.29) is 24.2 Å². The van der Waals surface area contributed by atoms with Crippen LogP contribution in [0.25, 0.3) is 0 Å². The van der Waals surface area contributed by atoms with Gasteiger partial charge in [0.1, 0.15) is 12.6 Å². The molecule has 0 aromatic rings. The van der Waals surface area contributed by atoms with Gasteiger partial charge in [-0.3, -0.25) is 4.79 Å². The molecule has 30 heavy (non-hydrogen) atoms. The van der Waals surface area contributed by atoms with E-state index in [2.05, 4.69) is 0 Å². The number of aliphatic hydroxyl groups excluding tert-OH is 1. The zero-order valence-electron chi connectivity index (χ0n) is 19.3. The van der Waals surface area contributed by atoms with Crippen LogP contribution in [0.2, 0.25) is 0 Å². The molecule has 6 heteroatoms. The van der Waals surface area contributed by atoms with Crippen LogP contribution in [-0.4, -0.2) is 41.1 Å². The summed E-state index contributed by atoms with van der Waals surface area (Å²) in [4.78, 5) is 34.0. The number of aldehydes is 2. The number of hydrogen-bond donors (Lipinski definition) is 3. The van der Waals surface area contributed by atoms with E-state index < -0.39 is 11.6 Å². The van der Waals surface area contributed by atoms with Gasteiger partial charge in [-0.25, -0.2) is 0 Å². The second kappa shape index (κ2) is 16.3. The van der Waals surface area contributed by atoms with Gasteiger partial charge in [-0.05, 0) is 58.8 Å². The normalized spacial score (nSPS) is 17.1. The summed E-state index contributed by atoms with van der Waals surface area (Å²) >= 11 is 0. The van der Waals surface area contributed by atoms with Crippen LogP contribution in [0.5, 0.6) is 0 Å². The van der Waals surface area contributed by atoms with Crippen molar-refractivity contribution in [2.24, 2.45) is 17.4 Å². The van der Waals surface area contributed by atoms with Gasteiger partial charge in [0.2, 0.25) is 0 Å². The molecule has 1 unspecified atom stereocenters. The molecule has 0 fully saturated rings. The van der Waals surface area contributed by atoms with Gasteiger partial charge in [0.15, 0.2) is 5.78 Å². The minimum atomic E-state index is -1.01. The molecular formula is C24H44N2O4. The summed E-state index contributed by atoms with van der Waals surface area (Å²) in [6, 6.07) is 0.136. The third kappa shape index (κ3) is 11.7. The highest BCUT2D eigenvalue weighted by molar-refractivity contribution is 5.88. The number of rotatable bonds is 19. The van der Waals surface area contributed by atoms with Crippen molar-refractivity contribution >= 4 is 18.4 Å². The van der Waals surface area contributed by atoms with Crippen LogP contribution < -0.4 is 11.5 Å². The van der Waals surface area contributed by atoms with Gasteiger partial charge in [0.25, 0.3) is 0 Å². The molecule has 0 amide bonds. The van der Waals surface area contributed by atoms with E-state index in [1.807, 2.05) is 13.0 Å². The molecule has 4 atom stereocenters. The molecule has 0 bridgehead atoms. The molecule has 0 aromatic carbocycles. The number of nitrogens with two attached hydrogens (primary N) is 2. The Bertz CT molecular complexity index is 529. The molecule has 0 aromatic heterocycles. The maximum absolute atomic E-state index is 12.7. The van der Waals surface area contributed by atoms with Crippen LogP contribution >= 0.6 is 0 Å². The number of Topliss-reactive ketones (excluding diaryl/α,β-unsaturated/α-hetero) is 1. The zero-order chi connectivity index (χ0) is 23.0. The average Bonchev–Trinajstić information content (AvgIpc) is 2.69. The molecule has 0 saturated heterocycles. The van der Waals surface area contributed by atoms with Gasteiger partial charge < -0.3 is 26.2 Å². The summed E-state index contributed by atoms with van der Waals surface area (Å²) in [5.41, 5.74) is 12.7. The van der Waals surface area contributed by atoms with Crippen molar-refractivity contribution in [2.45, 2.75) is 116 Å². The van der Waals surface area contributed by atoms with Crippen molar-refractivity contribution in [2.75, 3.05) is 0 Å². The van der Waals surface area contributed by atoms with E-state index in [1.165, 1.54) is 0 Å². The molecule has 0 aliphatic carbocycles. The minimum absolute atomic E-state index is 0.0476. The van der Waals surface area contributed by atoms with Gasteiger partial charge in [0.05, 0.1) is 11.6 Å². The number of carbonyl (C=O) groups is 3. The average molecular weight is 425 g/mol. The third-order valence-corrected chi connectivity index (χ3v) is 5.88. The smallest absolute Gasteiger partial charge is 0.153 e. The predicted octanol–water partition coefficient (Wildman–Crippen LogP) is 3.62. The molecule has 6 nitrogen and oxygen atoms in total. The Morgan fingerprint density at radius 3 is 2.27 bits per heavy atom. The Morgan fingerprint density at radius 1 is 1.03 bits per heavy atom. The highest BCUT2D eigenvalue weighted by atomic mass is 16.3. The lowest BCUT2D eigenvalue weighted by molar-refractivity contribution is -0.125. The molecule has 0 saturated carbocycles. The number of ketones is 1. The lowest BCUT2D eigenvalue weighted by Crippen LogP contribution is -2.52. The molecule has 5 N–H and O–H groups in total. The monoisotopic (exact) mass is 424 g/mol. The van der Waals surface area contributed by atoms with Gasteiger partial charge in [-0.1, -0.05) is 31.4 Å². The van der Waals surface area contributed by atoms with Gasteiger partial charge in [-0.2, -0.15) is 0 Å². The first-order valence-electron chi connectivity index (χ1n) is 11.5. The van der Waals surface area contributed by atoms with Crippen LogP contribution in [0.4, 0.5) is 0 Å². The van der Waals surface area contributed by atoms with Crippen LogP contribution in [0.3, 0.4) is 0 Å². The van der Waals surface area contributed by atoms with E-state index in [4.69, 9.17) is 11.5 Å². The van der Waals surface area contributed by atoms with Crippen molar-refractivity contribution in [1.29, 1.82) is 0 Å². The number of hydrogen-bond acceptors (Lipinski definition) is 6. The summed E-state index contributed by atoms with van der Waals surface area (Å²) in [5, 5.41) is 9.49. The molecule has 0 aliphatic heterocycles. The molecule has 0 spiro atoms. The van der Waals surface area contributed by atoms with Crippen LogP contribution in [-0.2, 0) is 14.4 Å². The summed E-state index contributed by atoms with van der Waals surface area (Å²) < 4.78 is 0. The number of allylic oxidation sites excluding steroid dienone is 1. The Hall–Kier alpha value is -1.37. The molecule has 0 radical (unpaired) electrons. The number of unbranched alkanes of at least 4 members (excludes halogenated alkanes) is 3. The number of aliphatic hydroxyl groups is 1. The SMILES string of the molecule is CCC(/C(=C\CC=O)CCCCC[C@H](N)CCCC=O)[C@@](C)(N)C(=O)CC[C@H](C)O. The topological polar surface area (TPSA) is 123 Å². The summed E-state index contributed by atoms with van der Waals surface area (Å²) in [5.74, 6) is -0.168. The summed E-state index contributed by atoms with van der Waals surface area (Å²) in [6.07, 6.45) is 12.0. The van der Waals surface area contributed by atoms with Gasteiger partial charge >= 0.3 is 0 Å². The maximum Gasteiger partial charge on any atom is 0.153 e. The maximum atomic E-state index is 12.7. The second-order valence-electron chi connectivity index (χ2n) is 8.69. The Morgan fingerprint density at radius 2 is 1.70 bits per heavy atom. The summed E-state index contributed by atoms with van der Waals surface area (Å²) in [6.45, 7) is 5.46. The molecular weight excluding hydrogens is 380 g/mol. The van der Waals surface area contributed by atoms with Crippen molar-refractivity contribution in [1.82, 2.24) is 0 Å². The zero-order valence-corrected chi connectivity index (χ0v) is 19.3. The fourth-order valence-corrected chi connectivity index (χ4v) is 4.01. The minimum Gasteiger partial charge on any atom is -0.393 e. The highest BCUT2D eigenvalue weighted by Crippen LogP contribution is 2.32. The fraction of sp³-hybridized carbons (Fsp3) is 0.792. The van der Waals surface area contributed by atoms with E-state index >= 15 is 0 Å². The van der Waals surface area contributed by atoms with Crippen molar-refractivity contribution in [3.05, 3.63) is 11.6 Å². The first-order valence-corrected chi connectivity index (χ1v) is 11.5. The fourth-order valence-electron chi connectivity index (χ4n) is 4.01. The van der Waals surface area contributed by atoms with Gasteiger partial charge in [0, 0.05) is 31.2 Å². The van der Waals surface area contributed by atoms with Crippen LogP contribution in [0, 0.1) is 5.92 Å². The van der Waals surface area contributed by atoms with E-state index in [1.54, 1.807) is 13.8 Å². The Balaban J connectivity index is 4.81. The first-order chi connectivity index (χ1) is 14.2. The third-order valence-electron chi connectivity index (χ3n) is 5.88. The quantitative estimate of drug-likeness (QED) is 0.165. The van der Waals surface area contributed by atoms with Crippen LogP contribution in [0.1, 0.15) is 97.8 Å². The number of carbonyl (C=O) groups excluding carboxylic acids is 3. The lowest BCUT2D eigenvalue weighted by Gasteiger charge is -2.35. The summed E-state index contributed by atoms with van der Waals surface area (Å²) in [7, 11) is 0. The molecule has 0 rings (SSSR count). The van der Waals surface area contributed by atoms with Crippen molar-refractivity contribution in [3.8, 4) is 0 Å². The predicted molar refractivity (Wildman–Crippen MR) is 122 cm³/mol. The lowest BCUT2D eigenvalue weighted by atomic mass is 9.73. The molecule has 174 valence electrons. The van der Waals surface area contributed by atoms with Gasteiger partial charge in [-0.15, -0.1) is 0 Å². The Kier molecular flexibility index (Phi) is 15.6. The van der Waals surface area contributed by atoms with Crippen molar-refractivity contribution < 1.29 is 19.5 Å². The van der Waals surface area contributed by atoms with Crippen molar-refractivity contribution in [3.63, 3.8) is 0 Å². The largest absolute Gasteiger partial charge is 0.393 e. The molecule has 0 heterocycles. The molecule has 0 aliphatic rings. The highest BCUT2D eigenvalue weighted by Gasteiger charge is 2.37. The Labute approximate surface area is 182 Å². The van der Waals surface area contributed by atoms with E-state index in [0.29, 0.717) is 19.3 Å². The second-order valence-corrected chi connectivity index (χ2v) is 8.69. The van der Waals surface area contributed by atoms with Crippen LogP contribution in [0.15, 0.2) is 11.6 Å². The van der Waals surface area contributed by atoms with E-state index in [9.17, 15) is 19.5 Å². The standard InChI is InChI=1S/C24H44N2O4/c1-4-22(24(3,26)23(30)16-15-19(2)29)20(12-10-18-28)11-6-5-7-13-21(25)14-8-9-17-27/h12,17-19,21-22,29H,4-11,13-16,25-26H2,1-3H3/b20-12-/t19-,21-,22?,24+/m0/s1. The van der Waals surface area contributed by atoms with E-state index in [0.717, 1.165) is 69.5 Å². The first kappa shape index (κ1) is 28.6.